The Morgan fingerprint density at radius 2 is 2.21 bits per heavy atom. The van der Waals surface area contributed by atoms with Gasteiger partial charge in [-0.1, -0.05) is 24.3 Å². The van der Waals surface area contributed by atoms with Crippen molar-refractivity contribution in [3.63, 3.8) is 0 Å². The third-order valence-corrected chi connectivity index (χ3v) is 1.50. The molecule has 4 heteroatoms. The molecular weight excluding hydrogens is 190 g/mol. The Morgan fingerprint density at radius 3 is 2.86 bits per heavy atom. The molecule has 1 rings (SSSR count). The van der Waals surface area contributed by atoms with Crippen molar-refractivity contribution in [1.82, 2.24) is 0 Å². The summed E-state index contributed by atoms with van der Waals surface area (Å²) in [6.07, 6.45) is 3.14. The molecule has 0 aliphatic heterocycles. The Labute approximate surface area is 80.4 Å². The number of benzene rings is 1. The van der Waals surface area contributed by atoms with Crippen LogP contribution >= 0.6 is 0 Å². The molecule has 0 aromatic heterocycles. The highest BCUT2D eigenvalue weighted by Crippen LogP contribution is 2.16. The van der Waals surface area contributed by atoms with E-state index < -0.39 is 6.61 Å². The average Bonchev–Trinajstić information content (AvgIpc) is 2.14. The van der Waals surface area contributed by atoms with Crippen LogP contribution in [0.2, 0.25) is 0 Å². The SMILES string of the molecule is OCC=Cc1cccc(OC(F)F)c1. The summed E-state index contributed by atoms with van der Waals surface area (Å²) in [4.78, 5) is 0. The van der Waals surface area contributed by atoms with Crippen LogP contribution < -0.4 is 4.74 Å². The van der Waals surface area contributed by atoms with E-state index in [1.165, 1.54) is 18.2 Å². The van der Waals surface area contributed by atoms with Crippen LogP contribution in [0, 0.1) is 0 Å². The number of aliphatic hydroxyl groups excluding tert-OH is 1. The van der Waals surface area contributed by atoms with E-state index in [2.05, 4.69) is 4.74 Å². The van der Waals surface area contributed by atoms with Gasteiger partial charge in [-0.25, -0.2) is 0 Å². The summed E-state index contributed by atoms with van der Waals surface area (Å²) in [5, 5.41) is 8.50. The zero-order chi connectivity index (χ0) is 10.4. The molecule has 14 heavy (non-hydrogen) atoms. The summed E-state index contributed by atoms with van der Waals surface area (Å²) in [6, 6.07) is 6.25. The molecule has 0 fully saturated rings. The van der Waals surface area contributed by atoms with Gasteiger partial charge in [0.2, 0.25) is 0 Å². The van der Waals surface area contributed by atoms with Crippen LogP contribution in [0.1, 0.15) is 5.56 Å². The Morgan fingerprint density at radius 1 is 1.43 bits per heavy atom. The lowest BCUT2D eigenvalue weighted by atomic mass is 10.2. The number of ether oxygens (including phenoxy) is 1. The van der Waals surface area contributed by atoms with Crippen LogP contribution in [0.4, 0.5) is 8.78 Å². The smallest absolute Gasteiger partial charge is 0.387 e. The molecule has 0 heterocycles. The largest absolute Gasteiger partial charge is 0.435 e. The van der Waals surface area contributed by atoms with Gasteiger partial charge in [-0.15, -0.1) is 0 Å². The molecule has 0 radical (unpaired) electrons. The molecule has 0 bridgehead atoms. The molecule has 1 N–H and O–H groups in total. The number of hydrogen-bond acceptors (Lipinski definition) is 2. The second-order valence-electron chi connectivity index (χ2n) is 2.54. The van der Waals surface area contributed by atoms with E-state index in [1.54, 1.807) is 18.2 Å². The van der Waals surface area contributed by atoms with Crippen LogP contribution in [0.5, 0.6) is 5.75 Å². The standard InChI is InChI=1S/C10H10F2O2/c11-10(12)14-9-5-1-3-8(7-9)4-2-6-13/h1-5,7,10,13H,6H2. The number of hydrogen-bond donors (Lipinski definition) is 1. The molecule has 0 unspecified atom stereocenters. The maximum atomic E-state index is 11.8. The van der Waals surface area contributed by atoms with Crippen molar-refractivity contribution in [2.24, 2.45) is 0 Å². The molecular formula is C10H10F2O2. The van der Waals surface area contributed by atoms with Crippen molar-refractivity contribution in [2.75, 3.05) is 6.61 Å². The fourth-order valence-corrected chi connectivity index (χ4v) is 0.983. The molecule has 2 nitrogen and oxygen atoms in total. The van der Waals surface area contributed by atoms with Crippen LogP contribution in [-0.4, -0.2) is 18.3 Å². The number of aliphatic hydroxyl groups is 1. The predicted molar refractivity (Wildman–Crippen MR) is 49.2 cm³/mol. The van der Waals surface area contributed by atoms with E-state index in [0.717, 1.165) is 0 Å². The number of halogens is 2. The molecule has 0 spiro atoms. The van der Waals surface area contributed by atoms with E-state index in [-0.39, 0.29) is 12.4 Å². The lowest BCUT2D eigenvalue weighted by Crippen LogP contribution is -2.01. The normalized spacial score (nSPS) is 11.1. The number of alkyl halides is 2. The Kier molecular flexibility index (Phi) is 4.07. The highest BCUT2D eigenvalue weighted by Gasteiger charge is 2.03. The molecule has 0 amide bonds. The van der Waals surface area contributed by atoms with Gasteiger partial charge in [0, 0.05) is 0 Å². The lowest BCUT2D eigenvalue weighted by molar-refractivity contribution is -0.0498. The minimum absolute atomic E-state index is 0.0834. The van der Waals surface area contributed by atoms with Crippen molar-refractivity contribution in [3.8, 4) is 5.75 Å². The monoisotopic (exact) mass is 200 g/mol. The van der Waals surface area contributed by atoms with Gasteiger partial charge in [0.05, 0.1) is 6.61 Å². The summed E-state index contributed by atoms with van der Waals surface area (Å²) < 4.78 is 27.9. The van der Waals surface area contributed by atoms with Crippen molar-refractivity contribution in [3.05, 3.63) is 35.9 Å². The molecule has 1 aromatic rings. The minimum Gasteiger partial charge on any atom is -0.435 e. The minimum atomic E-state index is -2.81. The van der Waals surface area contributed by atoms with Crippen LogP contribution in [-0.2, 0) is 0 Å². The zero-order valence-electron chi connectivity index (χ0n) is 7.36. The van der Waals surface area contributed by atoms with Crippen LogP contribution in [0.3, 0.4) is 0 Å². The Balaban J connectivity index is 2.73. The van der Waals surface area contributed by atoms with E-state index in [1.807, 2.05) is 0 Å². The fourth-order valence-electron chi connectivity index (χ4n) is 0.983. The summed E-state index contributed by atoms with van der Waals surface area (Å²) in [5.74, 6) is 0.111. The summed E-state index contributed by atoms with van der Waals surface area (Å²) in [7, 11) is 0. The third-order valence-electron chi connectivity index (χ3n) is 1.50. The van der Waals surface area contributed by atoms with Gasteiger partial charge in [-0.3, -0.25) is 0 Å². The van der Waals surface area contributed by atoms with Gasteiger partial charge in [0.25, 0.3) is 0 Å². The van der Waals surface area contributed by atoms with Gasteiger partial charge in [-0.05, 0) is 17.7 Å². The van der Waals surface area contributed by atoms with Crippen molar-refractivity contribution >= 4 is 6.08 Å². The summed E-state index contributed by atoms with van der Waals surface area (Å²) in [6.45, 7) is -2.90. The first-order valence-electron chi connectivity index (χ1n) is 4.04. The van der Waals surface area contributed by atoms with Gasteiger partial charge in [-0.2, -0.15) is 8.78 Å². The Bertz CT molecular complexity index is 311. The molecule has 0 atom stereocenters. The van der Waals surface area contributed by atoms with E-state index >= 15 is 0 Å². The highest BCUT2D eigenvalue weighted by molar-refractivity contribution is 5.51. The summed E-state index contributed by atoms with van der Waals surface area (Å²) >= 11 is 0. The molecule has 0 aliphatic rings. The van der Waals surface area contributed by atoms with Gasteiger partial charge >= 0.3 is 6.61 Å². The lowest BCUT2D eigenvalue weighted by Gasteiger charge is -2.04. The Hall–Kier alpha value is -1.42. The van der Waals surface area contributed by atoms with Crippen LogP contribution in [0.15, 0.2) is 30.3 Å². The zero-order valence-corrected chi connectivity index (χ0v) is 7.36. The third kappa shape index (κ3) is 3.53. The van der Waals surface area contributed by atoms with Gasteiger partial charge in [0.15, 0.2) is 0 Å². The second-order valence-corrected chi connectivity index (χ2v) is 2.54. The number of rotatable bonds is 4. The molecule has 0 saturated carbocycles. The maximum Gasteiger partial charge on any atom is 0.387 e. The molecule has 0 saturated heterocycles. The van der Waals surface area contributed by atoms with Crippen molar-refractivity contribution in [2.45, 2.75) is 6.61 Å². The molecule has 1 aromatic carbocycles. The highest BCUT2D eigenvalue weighted by atomic mass is 19.3. The van der Waals surface area contributed by atoms with E-state index in [4.69, 9.17) is 5.11 Å². The van der Waals surface area contributed by atoms with Gasteiger partial charge in [0.1, 0.15) is 5.75 Å². The van der Waals surface area contributed by atoms with E-state index in [0.29, 0.717) is 5.56 Å². The van der Waals surface area contributed by atoms with E-state index in [9.17, 15) is 8.78 Å². The second kappa shape index (κ2) is 5.34. The topological polar surface area (TPSA) is 29.5 Å². The molecule has 76 valence electrons. The first-order chi connectivity index (χ1) is 6.72. The summed E-state index contributed by atoms with van der Waals surface area (Å²) in [5.41, 5.74) is 0.706. The fraction of sp³-hybridized carbons (Fsp3) is 0.200. The van der Waals surface area contributed by atoms with Crippen molar-refractivity contribution in [1.29, 1.82) is 0 Å². The maximum absolute atomic E-state index is 11.8. The van der Waals surface area contributed by atoms with Crippen molar-refractivity contribution < 1.29 is 18.6 Å². The van der Waals surface area contributed by atoms with Gasteiger partial charge < -0.3 is 9.84 Å². The van der Waals surface area contributed by atoms with Crippen LogP contribution in [0.25, 0.3) is 6.08 Å². The molecule has 0 aliphatic carbocycles. The predicted octanol–water partition coefficient (Wildman–Crippen LogP) is 2.29. The average molecular weight is 200 g/mol. The quantitative estimate of drug-likeness (QED) is 0.808. The first kappa shape index (κ1) is 10.7. The first-order valence-corrected chi connectivity index (χ1v) is 4.04.